The van der Waals surface area contributed by atoms with E-state index in [2.05, 4.69) is 19.9 Å². The highest BCUT2D eigenvalue weighted by Gasteiger charge is 2.29. The summed E-state index contributed by atoms with van der Waals surface area (Å²) in [5, 5.41) is 2.60. The number of nitrogens with zero attached hydrogens (tertiary/aromatic N) is 4. The Balaban J connectivity index is 1.65. The summed E-state index contributed by atoms with van der Waals surface area (Å²) in [6, 6.07) is 3.69. The molecule has 0 bridgehead atoms. The van der Waals surface area contributed by atoms with Crippen molar-refractivity contribution in [2.45, 2.75) is 26.3 Å². The van der Waals surface area contributed by atoms with Gasteiger partial charge in [-0.15, -0.1) is 0 Å². The van der Waals surface area contributed by atoms with Crippen molar-refractivity contribution >= 4 is 23.2 Å². The lowest BCUT2D eigenvalue weighted by molar-refractivity contribution is -0.141. The van der Waals surface area contributed by atoms with Gasteiger partial charge in [-0.05, 0) is 32.4 Å². The molecule has 2 aromatic rings. The smallest absolute Gasteiger partial charge is 0.325 e. The van der Waals surface area contributed by atoms with Gasteiger partial charge < -0.3 is 19.5 Å². The molecule has 8 heteroatoms. The van der Waals surface area contributed by atoms with Gasteiger partial charge in [0.1, 0.15) is 17.9 Å². The van der Waals surface area contributed by atoms with Crippen LogP contribution >= 0.6 is 0 Å². The normalized spacial score (nSPS) is 17.2. The number of amides is 2. The third-order valence-electron chi connectivity index (χ3n) is 4.13. The zero-order chi connectivity index (χ0) is 17.1. The topological polar surface area (TPSA) is 89.4 Å². The Morgan fingerprint density at radius 3 is 3.08 bits per heavy atom. The van der Waals surface area contributed by atoms with Crippen LogP contribution in [0.15, 0.2) is 18.3 Å². The third kappa shape index (κ3) is 3.17. The summed E-state index contributed by atoms with van der Waals surface area (Å²) in [7, 11) is 0. The molecule has 1 fully saturated rings. The minimum absolute atomic E-state index is 0.109. The summed E-state index contributed by atoms with van der Waals surface area (Å²) < 4.78 is 6.90. The van der Waals surface area contributed by atoms with E-state index in [-0.39, 0.29) is 18.6 Å². The number of pyridine rings is 1. The Morgan fingerprint density at radius 1 is 1.46 bits per heavy atom. The van der Waals surface area contributed by atoms with Crippen LogP contribution in [0.1, 0.15) is 25.2 Å². The van der Waals surface area contributed by atoms with Crippen molar-refractivity contribution in [2.24, 2.45) is 0 Å². The van der Waals surface area contributed by atoms with Crippen molar-refractivity contribution in [3.05, 3.63) is 24.2 Å². The second-order valence-electron chi connectivity index (χ2n) is 5.73. The molecule has 0 spiro atoms. The number of hydrogen-bond donors (Lipinski definition) is 1. The monoisotopic (exact) mass is 331 g/mol. The first-order valence-electron chi connectivity index (χ1n) is 8.08. The lowest BCUT2D eigenvalue weighted by Gasteiger charge is -2.18. The zero-order valence-electron chi connectivity index (χ0n) is 13.9. The van der Waals surface area contributed by atoms with Gasteiger partial charge in [0.2, 0.25) is 0 Å². The van der Waals surface area contributed by atoms with Crippen molar-refractivity contribution in [1.82, 2.24) is 24.8 Å². The van der Waals surface area contributed by atoms with E-state index in [0.717, 1.165) is 23.4 Å². The Bertz CT molecular complexity index is 757. The first kappa shape index (κ1) is 16.2. The quantitative estimate of drug-likeness (QED) is 0.852. The van der Waals surface area contributed by atoms with E-state index in [1.807, 2.05) is 19.1 Å². The van der Waals surface area contributed by atoms with Crippen molar-refractivity contribution in [3.8, 4) is 0 Å². The van der Waals surface area contributed by atoms with E-state index in [0.29, 0.717) is 19.7 Å². The SMILES string of the molecule is CCOC(=O)CNC(=O)N1CC[C@@H](n2c(C)nc3cccnc32)C1. The van der Waals surface area contributed by atoms with Gasteiger partial charge in [-0.2, -0.15) is 0 Å². The molecule has 0 aromatic carbocycles. The number of nitrogens with one attached hydrogen (secondary N) is 1. The summed E-state index contributed by atoms with van der Waals surface area (Å²) in [6.07, 6.45) is 2.58. The predicted molar refractivity (Wildman–Crippen MR) is 87.5 cm³/mol. The van der Waals surface area contributed by atoms with Crippen molar-refractivity contribution in [1.29, 1.82) is 0 Å². The predicted octanol–water partition coefficient (Wildman–Crippen LogP) is 1.26. The average molecular weight is 331 g/mol. The lowest BCUT2D eigenvalue weighted by Crippen LogP contribution is -2.41. The molecule has 3 rings (SSSR count). The summed E-state index contributed by atoms with van der Waals surface area (Å²) in [4.78, 5) is 34.2. The molecule has 0 saturated carbocycles. The number of fused-ring (bicyclic) bond motifs is 1. The van der Waals surface area contributed by atoms with Crippen LogP contribution in [0, 0.1) is 6.92 Å². The molecule has 1 N–H and O–H groups in total. The number of aryl methyl sites for hydroxylation is 1. The average Bonchev–Trinajstić information content (AvgIpc) is 3.16. The molecule has 128 valence electrons. The number of esters is 1. The van der Waals surface area contributed by atoms with E-state index in [1.165, 1.54) is 0 Å². The molecule has 0 aliphatic carbocycles. The second-order valence-corrected chi connectivity index (χ2v) is 5.73. The molecular weight excluding hydrogens is 310 g/mol. The van der Waals surface area contributed by atoms with Crippen LogP contribution in [0.2, 0.25) is 0 Å². The maximum Gasteiger partial charge on any atom is 0.325 e. The van der Waals surface area contributed by atoms with Gasteiger partial charge in [0.05, 0.1) is 12.6 Å². The highest BCUT2D eigenvalue weighted by atomic mass is 16.5. The van der Waals surface area contributed by atoms with E-state index in [4.69, 9.17) is 4.74 Å². The van der Waals surface area contributed by atoms with Gasteiger partial charge in [0.25, 0.3) is 0 Å². The zero-order valence-corrected chi connectivity index (χ0v) is 13.9. The fraction of sp³-hybridized carbons (Fsp3) is 0.500. The maximum atomic E-state index is 12.2. The molecule has 1 saturated heterocycles. The van der Waals surface area contributed by atoms with Crippen LogP contribution in [-0.2, 0) is 9.53 Å². The highest BCUT2D eigenvalue weighted by molar-refractivity contribution is 5.81. The third-order valence-corrected chi connectivity index (χ3v) is 4.13. The number of aromatic nitrogens is 3. The fourth-order valence-corrected chi connectivity index (χ4v) is 3.09. The van der Waals surface area contributed by atoms with Crippen LogP contribution in [0.4, 0.5) is 4.79 Å². The molecule has 3 heterocycles. The minimum Gasteiger partial charge on any atom is -0.465 e. The number of carbonyl (C=O) groups is 2. The maximum absolute atomic E-state index is 12.2. The van der Waals surface area contributed by atoms with E-state index in [1.54, 1.807) is 18.0 Å². The van der Waals surface area contributed by atoms with E-state index >= 15 is 0 Å². The van der Waals surface area contributed by atoms with Crippen LogP contribution in [0.3, 0.4) is 0 Å². The van der Waals surface area contributed by atoms with Crippen molar-refractivity contribution in [3.63, 3.8) is 0 Å². The second kappa shape index (κ2) is 6.86. The van der Waals surface area contributed by atoms with Crippen LogP contribution in [-0.4, -0.2) is 57.7 Å². The number of imidazole rings is 1. The number of hydrogen-bond acceptors (Lipinski definition) is 5. The molecule has 24 heavy (non-hydrogen) atoms. The number of rotatable bonds is 4. The van der Waals surface area contributed by atoms with Gasteiger partial charge in [0, 0.05) is 19.3 Å². The van der Waals surface area contributed by atoms with E-state index < -0.39 is 5.97 Å². The first-order valence-corrected chi connectivity index (χ1v) is 8.08. The molecule has 0 radical (unpaired) electrons. The standard InChI is InChI=1S/C16H21N5O3/c1-3-24-14(22)9-18-16(23)20-8-6-12(10-20)21-11(2)19-13-5-4-7-17-15(13)21/h4-5,7,12H,3,6,8-10H2,1-2H3,(H,18,23)/t12-/m1/s1. The molecule has 1 aliphatic rings. The van der Waals surface area contributed by atoms with Gasteiger partial charge in [-0.1, -0.05) is 0 Å². The molecule has 1 atom stereocenters. The molecule has 8 nitrogen and oxygen atoms in total. The van der Waals surface area contributed by atoms with Gasteiger partial charge >= 0.3 is 12.0 Å². The van der Waals surface area contributed by atoms with Crippen molar-refractivity contribution in [2.75, 3.05) is 26.2 Å². The molecule has 0 unspecified atom stereocenters. The van der Waals surface area contributed by atoms with Crippen LogP contribution in [0.25, 0.3) is 11.2 Å². The van der Waals surface area contributed by atoms with Gasteiger partial charge in [0.15, 0.2) is 5.65 Å². The number of urea groups is 1. The first-order chi connectivity index (χ1) is 11.6. The molecule has 2 aromatic heterocycles. The fourth-order valence-electron chi connectivity index (χ4n) is 3.09. The van der Waals surface area contributed by atoms with Gasteiger partial charge in [-0.25, -0.2) is 14.8 Å². The largest absolute Gasteiger partial charge is 0.465 e. The lowest BCUT2D eigenvalue weighted by atomic mass is 10.2. The van der Waals surface area contributed by atoms with Crippen LogP contribution in [0.5, 0.6) is 0 Å². The van der Waals surface area contributed by atoms with E-state index in [9.17, 15) is 9.59 Å². The highest BCUT2D eigenvalue weighted by Crippen LogP contribution is 2.26. The minimum atomic E-state index is -0.428. The summed E-state index contributed by atoms with van der Waals surface area (Å²) in [6.45, 7) is 5.08. The molecule has 2 amide bonds. The summed E-state index contributed by atoms with van der Waals surface area (Å²) in [5.74, 6) is 0.463. The van der Waals surface area contributed by atoms with Crippen molar-refractivity contribution < 1.29 is 14.3 Å². The summed E-state index contributed by atoms with van der Waals surface area (Å²) >= 11 is 0. The summed E-state index contributed by atoms with van der Waals surface area (Å²) in [5.41, 5.74) is 1.70. The Kier molecular flexibility index (Phi) is 4.64. The Labute approximate surface area is 139 Å². The number of likely N-dealkylation sites (tertiary alicyclic amines) is 1. The van der Waals surface area contributed by atoms with Crippen LogP contribution < -0.4 is 5.32 Å². The molecule has 1 aliphatic heterocycles. The number of ether oxygens (including phenoxy) is 1. The van der Waals surface area contributed by atoms with Gasteiger partial charge in [-0.3, -0.25) is 4.79 Å². The molecular formula is C16H21N5O3. The Hall–Kier alpha value is -2.64. The number of carbonyl (C=O) groups excluding carboxylic acids is 2. The Morgan fingerprint density at radius 2 is 2.29 bits per heavy atom.